The number of aryl methyl sites for hydroxylation is 1. The number of carbonyl (C=O) groups excluding carboxylic acids is 1. The van der Waals surface area contributed by atoms with E-state index in [0.29, 0.717) is 12.0 Å². The van der Waals surface area contributed by atoms with Gasteiger partial charge in [-0.15, -0.1) is 0 Å². The molecular weight excluding hydrogens is 468 g/mol. The Hall–Kier alpha value is -3.13. The number of piperazine rings is 1. The second kappa shape index (κ2) is 12.4. The fourth-order valence-electron chi connectivity index (χ4n) is 5.44. The third-order valence-electron chi connectivity index (χ3n) is 7.94. The minimum atomic E-state index is -0.368. The number of nitrogens with zero attached hydrogens (tertiary/aromatic N) is 3. The molecule has 1 saturated carbocycles. The van der Waals surface area contributed by atoms with E-state index < -0.39 is 0 Å². The molecule has 8 heteroatoms. The highest BCUT2D eigenvalue weighted by Gasteiger charge is 2.26. The molecule has 1 aliphatic heterocycles. The van der Waals surface area contributed by atoms with E-state index in [9.17, 15) is 14.9 Å². The Labute approximate surface area is 220 Å². The molecule has 3 aliphatic rings. The standard InChI is InChI=1S/C29H40N4O4/c1-4-23-6-10-25(9-5-21(23)2)31-15-17-32(18-16-31)29(34)20-37-27-12-7-24(8-13-27)30-28-14-11-26(33(35)36)19-22(28)3/h5-6,9-11,14,19,23-24,27,30H,4,7-8,12-13,15-18,20H2,1-3H3. The van der Waals surface area contributed by atoms with Crippen molar-refractivity contribution >= 4 is 17.3 Å². The molecule has 37 heavy (non-hydrogen) atoms. The fourth-order valence-corrected chi connectivity index (χ4v) is 5.44. The number of benzene rings is 1. The van der Waals surface area contributed by atoms with E-state index >= 15 is 0 Å². The highest BCUT2D eigenvalue weighted by molar-refractivity contribution is 5.77. The summed E-state index contributed by atoms with van der Waals surface area (Å²) in [5, 5.41) is 14.5. The molecule has 1 aromatic carbocycles. The number of allylic oxidation sites excluding steroid dienone is 5. The van der Waals surface area contributed by atoms with Gasteiger partial charge in [0.25, 0.3) is 5.69 Å². The molecule has 0 radical (unpaired) electrons. The zero-order valence-corrected chi connectivity index (χ0v) is 22.3. The van der Waals surface area contributed by atoms with Crippen LogP contribution in [-0.4, -0.2) is 65.6 Å². The molecule has 2 fully saturated rings. The minimum Gasteiger partial charge on any atom is -0.382 e. The van der Waals surface area contributed by atoms with E-state index in [2.05, 4.69) is 48.4 Å². The summed E-state index contributed by atoms with van der Waals surface area (Å²) >= 11 is 0. The molecule has 1 aromatic rings. The zero-order chi connectivity index (χ0) is 26.4. The second-order valence-corrected chi connectivity index (χ2v) is 10.4. The van der Waals surface area contributed by atoms with Gasteiger partial charge < -0.3 is 19.9 Å². The summed E-state index contributed by atoms with van der Waals surface area (Å²) in [4.78, 5) is 27.7. The first-order valence-corrected chi connectivity index (χ1v) is 13.6. The predicted octanol–water partition coefficient (Wildman–Crippen LogP) is 5.21. The lowest BCUT2D eigenvalue weighted by molar-refractivity contribution is -0.384. The van der Waals surface area contributed by atoms with E-state index in [-0.39, 0.29) is 29.2 Å². The third-order valence-corrected chi connectivity index (χ3v) is 7.94. The number of amides is 1. The van der Waals surface area contributed by atoms with Crippen molar-refractivity contribution in [3.8, 4) is 0 Å². The number of rotatable bonds is 8. The Morgan fingerprint density at radius 2 is 1.84 bits per heavy atom. The van der Waals surface area contributed by atoms with Crippen molar-refractivity contribution in [3.05, 3.63) is 69.5 Å². The third kappa shape index (κ3) is 7.01. The molecule has 2 aliphatic carbocycles. The number of nitro groups is 1. The van der Waals surface area contributed by atoms with Crippen LogP contribution < -0.4 is 5.32 Å². The lowest BCUT2D eigenvalue weighted by Gasteiger charge is -2.37. The summed E-state index contributed by atoms with van der Waals surface area (Å²) < 4.78 is 6.02. The highest BCUT2D eigenvalue weighted by Crippen LogP contribution is 2.28. The van der Waals surface area contributed by atoms with Crippen LogP contribution in [0.25, 0.3) is 0 Å². The van der Waals surface area contributed by atoms with Gasteiger partial charge >= 0.3 is 0 Å². The maximum Gasteiger partial charge on any atom is 0.269 e. The minimum absolute atomic E-state index is 0.0774. The van der Waals surface area contributed by atoms with Crippen molar-refractivity contribution in [2.75, 3.05) is 38.1 Å². The average molecular weight is 509 g/mol. The molecule has 1 saturated heterocycles. The van der Waals surface area contributed by atoms with Crippen molar-refractivity contribution in [1.29, 1.82) is 0 Å². The maximum absolute atomic E-state index is 12.8. The molecule has 0 aromatic heterocycles. The lowest BCUT2D eigenvalue weighted by atomic mass is 9.92. The predicted molar refractivity (Wildman–Crippen MR) is 146 cm³/mol. The molecule has 1 amide bonds. The number of hydrogen-bond acceptors (Lipinski definition) is 6. The molecule has 8 nitrogen and oxygen atoms in total. The number of ether oxygens (including phenoxy) is 1. The Bertz CT molecular complexity index is 1060. The van der Waals surface area contributed by atoms with Gasteiger partial charge in [0.1, 0.15) is 6.61 Å². The van der Waals surface area contributed by atoms with Crippen molar-refractivity contribution in [3.63, 3.8) is 0 Å². The van der Waals surface area contributed by atoms with E-state index in [1.807, 2.05) is 11.8 Å². The van der Waals surface area contributed by atoms with Gasteiger partial charge in [-0.3, -0.25) is 14.9 Å². The van der Waals surface area contributed by atoms with Crippen LogP contribution in [0.4, 0.5) is 11.4 Å². The van der Waals surface area contributed by atoms with Crippen LogP contribution >= 0.6 is 0 Å². The largest absolute Gasteiger partial charge is 0.382 e. The summed E-state index contributed by atoms with van der Waals surface area (Å²) in [6.07, 6.45) is 13.9. The van der Waals surface area contributed by atoms with Gasteiger partial charge in [-0.2, -0.15) is 0 Å². The Balaban J connectivity index is 1.17. The second-order valence-electron chi connectivity index (χ2n) is 10.4. The number of nitro benzene ring substituents is 1. The van der Waals surface area contributed by atoms with Crippen LogP contribution in [-0.2, 0) is 9.53 Å². The SMILES string of the molecule is CCC1C=CC(N2CCN(C(=O)COC3CCC(Nc4ccc([N+](=O)[O-])cc4C)CC3)CC2)=CC=C1C. The molecule has 1 N–H and O–H groups in total. The first-order chi connectivity index (χ1) is 17.8. The van der Waals surface area contributed by atoms with Crippen molar-refractivity contribution in [2.45, 2.75) is 65.0 Å². The number of carbonyl (C=O) groups is 1. The van der Waals surface area contributed by atoms with Crippen LogP contribution in [0.2, 0.25) is 0 Å². The topological polar surface area (TPSA) is 88.0 Å². The van der Waals surface area contributed by atoms with E-state index in [0.717, 1.165) is 69.5 Å². The molecule has 0 spiro atoms. The van der Waals surface area contributed by atoms with Gasteiger partial charge in [-0.05, 0) is 75.7 Å². The van der Waals surface area contributed by atoms with Gasteiger partial charge in [0.2, 0.25) is 5.91 Å². The van der Waals surface area contributed by atoms with Gasteiger partial charge in [-0.25, -0.2) is 0 Å². The van der Waals surface area contributed by atoms with Gasteiger partial charge in [0.05, 0.1) is 11.0 Å². The Morgan fingerprint density at radius 3 is 2.49 bits per heavy atom. The fraction of sp³-hybridized carbons (Fsp3) is 0.552. The summed E-state index contributed by atoms with van der Waals surface area (Å²) in [6.45, 7) is 9.56. The Kier molecular flexibility index (Phi) is 9.03. The molecule has 200 valence electrons. The normalized spacial score (nSPS) is 24.2. The van der Waals surface area contributed by atoms with Gasteiger partial charge in [0.15, 0.2) is 0 Å². The van der Waals surface area contributed by atoms with Crippen LogP contribution in [0.3, 0.4) is 0 Å². The highest BCUT2D eigenvalue weighted by atomic mass is 16.6. The number of anilines is 1. The van der Waals surface area contributed by atoms with Crippen molar-refractivity contribution in [2.24, 2.45) is 5.92 Å². The molecule has 4 rings (SSSR count). The monoisotopic (exact) mass is 508 g/mol. The number of non-ortho nitro benzene ring substituents is 1. The number of hydrogen-bond donors (Lipinski definition) is 1. The van der Waals surface area contributed by atoms with Crippen molar-refractivity contribution < 1.29 is 14.5 Å². The zero-order valence-electron chi connectivity index (χ0n) is 22.3. The molecule has 1 unspecified atom stereocenters. The quantitative estimate of drug-likeness (QED) is 0.383. The van der Waals surface area contributed by atoms with Crippen LogP contribution in [0, 0.1) is 23.0 Å². The van der Waals surface area contributed by atoms with Gasteiger partial charge in [0, 0.05) is 55.7 Å². The van der Waals surface area contributed by atoms with Crippen LogP contribution in [0.15, 0.2) is 53.8 Å². The maximum atomic E-state index is 12.8. The molecule has 1 heterocycles. The average Bonchev–Trinajstić information content (AvgIpc) is 3.10. The summed E-state index contributed by atoms with van der Waals surface area (Å²) in [7, 11) is 0. The van der Waals surface area contributed by atoms with Crippen LogP contribution in [0.5, 0.6) is 0 Å². The van der Waals surface area contributed by atoms with E-state index in [1.54, 1.807) is 18.2 Å². The van der Waals surface area contributed by atoms with Crippen molar-refractivity contribution in [1.82, 2.24) is 9.80 Å². The molecular formula is C29H40N4O4. The smallest absolute Gasteiger partial charge is 0.269 e. The van der Waals surface area contributed by atoms with E-state index in [1.165, 1.54) is 11.3 Å². The van der Waals surface area contributed by atoms with E-state index in [4.69, 9.17) is 4.74 Å². The van der Waals surface area contributed by atoms with Gasteiger partial charge in [-0.1, -0.05) is 24.6 Å². The number of nitrogens with one attached hydrogen (secondary N) is 1. The Morgan fingerprint density at radius 1 is 1.11 bits per heavy atom. The summed E-state index contributed by atoms with van der Waals surface area (Å²) in [5.41, 5.74) is 4.55. The first kappa shape index (κ1) is 26.9. The lowest BCUT2D eigenvalue weighted by Crippen LogP contribution is -2.49. The van der Waals surface area contributed by atoms with Crippen LogP contribution in [0.1, 0.15) is 51.5 Å². The first-order valence-electron chi connectivity index (χ1n) is 13.6. The summed E-state index contributed by atoms with van der Waals surface area (Å²) in [6, 6.07) is 5.24. The summed E-state index contributed by atoms with van der Waals surface area (Å²) in [5.74, 6) is 0.583. The molecule has 0 bridgehead atoms. The molecule has 1 atom stereocenters.